The number of hydrogen-bond acceptors (Lipinski definition) is 2. The molecule has 1 amide bonds. The first-order valence-corrected chi connectivity index (χ1v) is 6.99. The third kappa shape index (κ3) is 3.47. The maximum atomic E-state index is 11.9. The number of nitrogens with one attached hydrogen (secondary N) is 1. The number of carboxylic acids is 1. The predicted molar refractivity (Wildman–Crippen MR) is 68.1 cm³/mol. The lowest BCUT2D eigenvalue weighted by Crippen LogP contribution is -2.33. The molecule has 2 saturated carbocycles. The third-order valence-electron chi connectivity index (χ3n) is 4.56. The molecule has 0 aromatic rings. The highest BCUT2D eigenvalue weighted by Crippen LogP contribution is 2.44. The number of amides is 1. The summed E-state index contributed by atoms with van der Waals surface area (Å²) < 4.78 is 0. The second kappa shape index (κ2) is 5.29. The van der Waals surface area contributed by atoms with E-state index in [9.17, 15) is 9.59 Å². The SMILES string of the molecule is CC1CC1CNC(=O)CC1(CC(=O)O)CCCC1. The Morgan fingerprint density at radius 2 is 1.89 bits per heavy atom. The van der Waals surface area contributed by atoms with Gasteiger partial charge in [0.1, 0.15) is 0 Å². The minimum absolute atomic E-state index is 0.0391. The lowest BCUT2D eigenvalue weighted by Gasteiger charge is -2.26. The van der Waals surface area contributed by atoms with Crippen LogP contribution in [-0.4, -0.2) is 23.5 Å². The molecule has 2 aliphatic rings. The zero-order chi connectivity index (χ0) is 13.2. The maximum absolute atomic E-state index is 11.9. The van der Waals surface area contributed by atoms with Crippen molar-refractivity contribution in [3.63, 3.8) is 0 Å². The Morgan fingerprint density at radius 1 is 1.28 bits per heavy atom. The zero-order valence-electron chi connectivity index (χ0n) is 11.1. The Kier molecular flexibility index (Phi) is 3.93. The summed E-state index contributed by atoms with van der Waals surface area (Å²) in [6.45, 7) is 2.96. The van der Waals surface area contributed by atoms with E-state index in [1.54, 1.807) is 0 Å². The average Bonchev–Trinajstić information content (AvgIpc) is 2.79. The zero-order valence-corrected chi connectivity index (χ0v) is 11.1. The number of rotatable bonds is 6. The molecule has 0 radical (unpaired) electrons. The summed E-state index contributed by atoms with van der Waals surface area (Å²) in [4.78, 5) is 22.8. The lowest BCUT2D eigenvalue weighted by atomic mass is 9.79. The van der Waals surface area contributed by atoms with Crippen LogP contribution in [0, 0.1) is 17.3 Å². The smallest absolute Gasteiger partial charge is 0.303 e. The van der Waals surface area contributed by atoms with Crippen LogP contribution in [-0.2, 0) is 9.59 Å². The van der Waals surface area contributed by atoms with Crippen LogP contribution < -0.4 is 5.32 Å². The molecule has 2 fully saturated rings. The molecule has 2 aliphatic carbocycles. The lowest BCUT2D eigenvalue weighted by molar-refractivity contribution is -0.140. The van der Waals surface area contributed by atoms with Gasteiger partial charge >= 0.3 is 5.97 Å². The van der Waals surface area contributed by atoms with Crippen molar-refractivity contribution in [3.8, 4) is 0 Å². The van der Waals surface area contributed by atoms with E-state index in [1.807, 2.05) is 0 Å². The predicted octanol–water partition coefficient (Wildman–Crippen LogP) is 2.18. The van der Waals surface area contributed by atoms with Gasteiger partial charge < -0.3 is 10.4 Å². The second-order valence-electron chi connectivity index (χ2n) is 6.23. The Morgan fingerprint density at radius 3 is 2.39 bits per heavy atom. The van der Waals surface area contributed by atoms with Gasteiger partial charge in [0.2, 0.25) is 5.91 Å². The molecular formula is C14H23NO3. The molecule has 4 heteroatoms. The molecule has 2 atom stereocenters. The largest absolute Gasteiger partial charge is 0.481 e. The summed E-state index contributed by atoms with van der Waals surface area (Å²) in [5.41, 5.74) is -0.273. The molecule has 0 bridgehead atoms. The van der Waals surface area contributed by atoms with Crippen LogP contribution in [0.2, 0.25) is 0 Å². The van der Waals surface area contributed by atoms with Crippen molar-refractivity contribution in [3.05, 3.63) is 0 Å². The summed E-state index contributed by atoms with van der Waals surface area (Å²) >= 11 is 0. The summed E-state index contributed by atoms with van der Waals surface area (Å²) in [6.07, 6.45) is 5.61. The fourth-order valence-electron chi connectivity index (χ4n) is 3.19. The molecule has 102 valence electrons. The van der Waals surface area contributed by atoms with Crippen molar-refractivity contribution in [1.29, 1.82) is 0 Å². The van der Waals surface area contributed by atoms with Crippen molar-refractivity contribution in [2.75, 3.05) is 6.54 Å². The monoisotopic (exact) mass is 253 g/mol. The molecule has 18 heavy (non-hydrogen) atoms. The first kappa shape index (κ1) is 13.4. The van der Waals surface area contributed by atoms with E-state index in [0.717, 1.165) is 38.1 Å². The highest BCUT2D eigenvalue weighted by molar-refractivity contribution is 5.78. The minimum atomic E-state index is -0.777. The molecule has 2 rings (SSSR count). The fourth-order valence-corrected chi connectivity index (χ4v) is 3.19. The van der Waals surface area contributed by atoms with Crippen molar-refractivity contribution < 1.29 is 14.7 Å². The topological polar surface area (TPSA) is 66.4 Å². The first-order chi connectivity index (χ1) is 8.51. The van der Waals surface area contributed by atoms with Crippen LogP contribution in [0.15, 0.2) is 0 Å². The number of carbonyl (C=O) groups is 2. The normalized spacial score (nSPS) is 28.9. The van der Waals surface area contributed by atoms with Gasteiger partial charge in [-0.3, -0.25) is 9.59 Å². The molecule has 4 nitrogen and oxygen atoms in total. The van der Waals surface area contributed by atoms with E-state index in [0.29, 0.717) is 12.3 Å². The summed E-state index contributed by atoms with van der Waals surface area (Å²) in [7, 11) is 0. The molecule has 2 N–H and O–H groups in total. The van der Waals surface area contributed by atoms with Crippen molar-refractivity contribution in [2.45, 2.75) is 51.9 Å². The maximum Gasteiger partial charge on any atom is 0.303 e. The molecule has 0 aliphatic heterocycles. The number of aliphatic carboxylic acids is 1. The van der Waals surface area contributed by atoms with Crippen LogP contribution in [0.25, 0.3) is 0 Å². The first-order valence-electron chi connectivity index (χ1n) is 6.99. The molecule has 0 saturated heterocycles. The Bertz CT molecular complexity index is 334. The number of hydrogen-bond donors (Lipinski definition) is 2. The van der Waals surface area contributed by atoms with Gasteiger partial charge in [-0.2, -0.15) is 0 Å². The molecule has 0 spiro atoms. The summed E-state index contributed by atoms with van der Waals surface area (Å²) in [5, 5.41) is 12.0. The quantitative estimate of drug-likeness (QED) is 0.762. The standard InChI is InChI=1S/C14H23NO3/c1-10-6-11(10)9-15-12(16)7-14(8-13(17)18)4-2-3-5-14/h10-11H,2-9H2,1H3,(H,15,16)(H,17,18). The van der Waals surface area contributed by atoms with Gasteiger partial charge in [-0.25, -0.2) is 0 Å². The van der Waals surface area contributed by atoms with Gasteiger partial charge in [-0.1, -0.05) is 19.8 Å². The Hall–Kier alpha value is -1.06. The molecule has 0 aromatic carbocycles. The van der Waals surface area contributed by atoms with E-state index >= 15 is 0 Å². The fraction of sp³-hybridized carbons (Fsp3) is 0.857. The highest BCUT2D eigenvalue weighted by atomic mass is 16.4. The van der Waals surface area contributed by atoms with Crippen LogP contribution >= 0.6 is 0 Å². The van der Waals surface area contributed by atoms with E-state index in [2.05, 4.69) is 12.2 Å². The third-order valence-corrected chi connectivity index (χ3v) is 4.56. The van der Waals surface area contributed by atoms with E-state index in [1.165, 1.54) is 6.42 Å². The molecule has 2 unspecified atom stereocenters. The van der Waals surface area contributed by atoms with Crippen molar-refractivity contribution in [1.82, 2.24) is 5.32 Å². The van der Waals surface area contributed by atoms with E-state index < -0.39 is 5.97 Å². The van der Waals surface area contributed by atoms with E-state index in [-0.39, 0.29) is 17.7 Å². The van der Waals surface area contributed by atoms with Crippen LogP contribution in [0.4, 0.5) is 0 Å². The van der Waals surface area contributed by atoms with Crippen molar-refractivity contribution in [2.24, 2.45) is 17.3 Å². The van der Waals surface area contributed by atoms with Gasteiger partial charge in [0, 0.05) is 13.0 Å². The van der Waals surface area contributed by atoms with Crippen LogP contribution in [0.3, 0.4) is 0 Å². The van der Waals surface area contributed by atoms with Gasteiger partial charge in [0.05, 0.1) is 6.42 Å². The highest BCUT2D eigenvalue weighted by Gasteiger charge is 2.38. The Balaban J connectivity index is 1.80. The van der Waals surface area contributed by atoms with E-state index in [4.69, 9.17) is 5.11 Å². The van der Waals surface area contributed by atoms with Gasteiger partial charge in [-0.15, -0.1) is 0 Å². The molecule has 0 heterocycles. The van der Waals surface area contributed by atoms with Crippen molar-refractivity contribution >= 4 is 11.9 Å². The summed E-state index contributed by atoms with van der Waals surface area (Å²) in [6, 6.07) is 0. The van der Waals surface area contributed by atoms with Gasteiger partial charge in [-0.05, 0) is 36.5 Å². The molecule has 0 aromatic heterocycles. The Labute approximate surface area is 108 Å². The average molecular weight is 253 g/mol. The number of carboxylic acid groups (broad SMARTS) is 1. The van der Waals surface area contributed by atoms with Gasteiger partial charge in [0.15, 0.2) is 0 Å². The second-order valence-corrected chi connectivity index (χ2v) is 6.23. The number of carbonyl (C=O) groups excluding carboxylic acids is 1. The van der Waals surface area contributed by atoms with Gasteiger partial charge in [0.25, 0.3) is 0 Å². The minimum Gasteiger partial charge on any atom is -0.481 e. The molecular weight excluding hydrogens is 230 g/mol. The van der Waals surface area contributed by atoms with Crippen LogP contribution in [0.1, 0.15) is 51.9 Å². The summed E-state index contributed by atoms with van der Waals surface area (Å²) in [5.74, 6) is 0.649. The van der Waals surface area contributed by atoms with Crippen LogP contribution in [0.5, 0.6) is 0 Å².